The smallest absolute Gasteiger partial charge is 0.271 e. The van der Waals surface area contributed by atoms with Gasteiger partial charge in [-0.1, -0.05) is 70.4 Å². The molecule has 0 N–H and O–H groups in total. The third-order valence-corrected chi connectivity index (χ3v) is 9.27. The molecular formula is C34H32Cl3N3O4S. The van der Waals surface area contributed by atoms with Crippen molar-refractivity contribution in [3.8, 4) is 11.5 Å². The van der Waals surface area contributed by atoms with Gasteiger partial charge >= 0.3 is 0 Å². The van der Waals surface area contributed by atoms with Crippen LogP contribution in [-0.4, -0.2) is 35.1 Å². The van der Waals surface area contributed by atoms with E-state index in [2.05, 4.69) is 0 Å². The summed E-state index contributed by atoms with van der Waals surface area (Å²) < 4.78 is 14.0. The molecule has 234 valence electrons. The SMILES string of the molecule is CCOc1cc(/C=c2/sc3n(c2=O)[C@H](c2ccc(Cl)cc2)C(C(=O)N(CC)CC)=C(C)N=3)ccc1OCc1ccc(Cl)cc1Cl. The van der Waals surface area contributed by atoms with E-state index in [1.807, 2.05) is 58.0 Å². The average Bonchev–Trinajstić information content (AvgIpc) is 3.31. The van der Waals surface area contributed by atoms with E-state index in [4.69, 9.17) is 49.3 Å². The molecule has 0 spiro atoms. The van der Waals surface area contributed by atoms with Gasteiger partial charge in [0.2, 0.25) is 0 Å². The highest BCUT2D eigenvalue weighted by molar-refractivity contribution is 7.07. The first-order chi connectivity index (χ1) is 21.6. The molecule has 1 aromatic heterocycles. The lowest BCUT2D eigenvalue weighted by atomic mass is 9.94. The highest BCUT2D eigenvalue weighted by Crippen LogP contribution is 2.33. The van der Waals surface area contributed by atoms with Gasteiger partial charge in [0.25, 0.3) is 11.5 Å². The summed E-state index contributed by atoms with van der Waals surface area (Å²) in [5.74, 6) is 0.929. The van der Waals surface area contributed by atoms with Gasteiger partial charge in [-0.05, 0) is 81.3 Å². The number of carbonyl (C=O) groups excluding carboxylic acids is 1. The third kappa shape index (κ3) is 6.99. The Bertz CT molecular complexity index is 1950. The first-order valence-corrected chi connectivity index (χ1v) is 16.5. The number of carbonyl (C=O) groups is 1. The van der Waals surface area contributed by atoms with Crippen molar-refractivity contribution in [1.29, 1.82) is 0 Å². The number of hydrogen-bond acceptors (Lipinski definition) is 6. The molecular weight excluding hydrogens is 653 g/mol. The van der Waals surface area contributed by atoms with Crippen LogP contribution in [0.1, 0.15) is 50.4 Å². The summed E-state index contributed by atoms with van der Waals surface area (Å²) >= 11 is 19.8. The molecule has 0 saturated carbocycles. The van der Waals surface area contributed by atoms with Crippen LogP contribution in [0.2, 0.25) is 15.1 Å². The first-order valence-electron chi connectivity index (χ1n) is 14.6. The van der Waals surface area contributed by atoms with Gasteiger partial charge in [-0.2, -0.15) is 0 Å². The van der Waals surface area contributed by atoms with Crippen molar-refractivity contribution < 1.29 is 14.3 Å². The van der Waals surface area contributed by atoms with E-state index < -0.39 is 6.04 Å². The van der Waals surface area contributed by atoms with E-state index in [0.717, 1.165) is 16.7 Å². The largest absolute Gasteiger partial charge is 0.490 e. The maximum atomic E-state index is 14.1. The summed E-state index contributed by atoms with van der Waals surface area (Å²) in [6.45, 7) is 9.31. The van der Waals surface area contributed by atoms with Crippen molar-refractivity contribution >= 4 is 58.1 Å². The number of rotatable bonds is 10. The number of nitrogens with zero attached hydrogens (tertiary/aromatic N) is 3. The van der Waals surface area contributed by atoms with Crippen LogP contribution in [0.5, 0.6) is 11.5 Å². The fourth-order valence-electron chi connectivity index (χ4n) is 5.18. The minimum atomic E-state index is -0.650. The fraction of sp³-hybridized carbons (Fsp3) is 0.265. The number of hydrogen-bond donors (Lipinski definition) is 0. The van der Waals surface area contributed by atoms with E-state index in [1.165, 1.54) is 11.3 Å². The number of thiazole rings is 1. The molecule has 2 heterocycles. The molecule has 0 saturated heterocycles. The van der Waals surface area contributed by atoms with Gasteiger partial charge in [-0.15, -0.1) is 0 Å². The molecule has 0 unspecified atom stereocenters. The zero-order valence-electron chi connectivity index (χ0n) is 25.3. The topological polar surface area (TPSA) is 73.1 Å². The second kappa shape index (κ2) is 14.3. The summed E-state index contributed by atoms with van der Waals surface area (Å²) in [5.41, 5.74) is 3.13. The summed E-state index contributed by atoms with van der Waals surface area (Å²) in [6.07, 6.45) is 1.80. The molecule has 11 heteroatoms. The highest BCUT2D eigenvalue weighted by atomic mass is 35.5. The molecule has 7 nitrogen and oxygen atoms in total. The van der Waals surface area contributed by atoms with Gasteiger partial charge in [0.05, 0.1) is 28.5 Å². The fourth-order valence-corrected chi connectivity index (χ4v) is 6.82. The lowest BCUT2D eigenvalue weighted by Gasteiger charge is -2.29. The van der Waals surface area contributed by atoms with Crippen LogP contribution in [0.4, 0.5) is 0 Å². The van der Waals surface area contributed by atoms with Crippen LogP contribution < -0.4 is 24.4 Å². The van der Waals surface area contributed by atoms with Crippen molar-refractivity contribution in [3.05, 3.63) is 123 Å². The Kier molecular flexibility index (Phi) is 10.4. The van der Waals surface area contributed by atoms with Gasteiger partial charge in [-0.25, -0.2) is 4.99 Å². The minimum Gasteiger partial charge on any atom is -0.490 e. The zero-order chi connectivity index (χ0) is 32.2. The van der Waals surface area contributed by atoms with E-state index in [0.29, 0.717) is 66.9 Å². The van der Waals surface area contributed by atoms with Crippen LogP contribution in [0.25, 0.3) is 6.08 Å². The molecule has 45 heavy (non-hydrogen) atoms. The Balaban J connectivity index is 1.56. The molecule has 0 radical (unpaired) electrons. The molecule has 0 aliphatic carbocycles. The molecule has 1 aliphatic heterocycles. The summed E-state index contributed by atoms with van der Waals surface area (Å²) in [5, 5.41) is 1.63. The number of benzene rings is 3. The number of allylic oxidation sites excluding steroid dienone is 1. The van der Waals surface area contributed by atoms with Crippen molar-refractivity contribution in [2.24, 2.45) is 4.99 Å². The average molecular weight is 685 g/mol. The maximum Gasteiger partial charge on any atom is 0.271 e. The minimum absolute atomic E-state index is 0.146. The van der Waals surface area contributed by atoms with Gasteiger partial charge in [0, 0.05) is 33.7 Å². The summed E-state index contributed by atoms with van der Waals surface area (Å²) in [7, 11) is 0. The standard InChI is InChI=1S/C34H32Cl3N3O4S/c1-5-39(6-2)33(42)30-20(4)38-34-40(31(30)22-9-12-24(35)13-10-22)32(41)29(45-34)17-21-8-15-27(28(16-21)43-7-3)44-19-23-11-14-25(36)18-26(23)37/h8-18,31H,5-7,19H2,1-4H3/b29-17+/t31-/m1/s1. The normalized spacial score (nSPS) is 14.6. The van der Waals surface area contributed by atoms with Crippen LogP contribution in [0, 0.1) is 0 Å². The second-order valence-electron chi connectivity index (χ2n) is 10.3. The van der Waals surface area contributed by atoms with Crippen LogP contribution in [0.3, 0.4) is 0 Å². The van der Waals surface area contributed by atoms with E-state index in [-0.39, 0.29) is 18.1 Å². The Morgan fingerprint density at radius 3 is 2.33 bits per heavy atom. The van der Waals surface area contributed by atoms with Gasteiger partial charge < -0.3 is 14.4 Å². The van der Waals surface area contributed by atoms with Gasteiger partial charge in [0.15, 0.2) is 16.3 Å². The second-order valence-corrected chi connectivity index (χ2v) is 12.6. The van der Waals surface area contributed by atoms with Gasteiger partial charge in [0.1, 0.15) is 6.61 Å². The number of aromatic nitrogens is 1. The van der Waals surface area contributed by atoms with E-state index in [9.17, 15) is 9.59 Å². The van der Waals surface area contributed by atoms with Crippen molar-refractivity contribution in [2.45, 2.75) is 40.3 Å². The third-order valence-electron chi connectivity index (χ3n) is 7.45. The lowest BCUT2D eigenvalue weighted by molar-refractivity contribution is -0.127. The van der Waals surface area contributed by atoms with Crippen molar-refractivity contribution in [2.75, 3.05) is 19.7 Å². The molecule has 0 bridgehead atoms. The van der Waals surface area contributed by atoms with Crippen LogP contribution in [0.15, 0.2) is 81.7 Å². The first kappa shape index (κ1) is 32.8. The molecule has 0 fully saturated rings. The highest BCUT2D eigenvalue weighted by Gasteiger charge is 2.34. The number of halogens is 3. The number of likely N-dealkylation sites (N-methyl/N-ethyl adjacent to an activating group) is 1. The van der Waals surface area contributed by atoms with Crippen molar-refractivity contribution in [1.82, 2.24) is 9.47 Å². The molecule has 5 rings (SSSR count). The van der Waals surface area contributed by atoms with E-state index in [1.54, 1.807) is 45.9 Å². The molecule has 3 aromatic carbocycles. The Morgan fingerprint density at radius 1 is 0.956 bits per heavy atom. The number of amides is 1. The predicted octanol–water partition coefficient (Wildman–Crippen LogP) is 7.04. The Morgan fingerprint density at radius 2 is 1.67 bits per heavy atom. The van der Waals surface area contributed by atoms with Crippen molar-refractivity contribution in [3.63, 3.8) is 0 Å². The monoisotopic (exact) mass is 683 g/mol. The molecule has 4 aromatic rings. The lowest BCUT2D eigenvalue weighted by Crippen LogP contribution is -2.43. The maximum absolute atomic E-state index is 14.1. The zero-order valence-corrected chi connectivity index (χ0v) is 28.4. The molecule has 1 atom stereocenters. The molecule has 1 aliphatic rings. The van der Waals surface area contributed by atoms with E-state index >= 15 is 0 Å². The molecule has 1 amide bonds. The number of fused-ring (bicyclic) bond motifs is 1. The summed E-state index contributed by atoms with van der Waals surface area (Å²) in [4.78, 5) is 34.9. The van der Waals surface area contributed by atoms with Gasteiger partial charge in [-0.3, -0.25) is 14.2 Å². The Hall–Kier alpha value is -3.56. The predicted molar refractivity (Wildman–Crippen MR) is 182 cm³/mol. The number of ether oxygens (including phenoxy) is 2. The summed E-state index contributed by atoms with van der Waals surface area (Å²) in [6, 6.07) is 17.3. The van der Waals surface area contributed by atoms with Crippen LogP contribution >= 0.6 is 46.1 Å². The van der Waals surface area contributed by atoms with Crippen LogP contribution in [-0.2, 0) is 11.4 Å². The Labute approximate surface area is 280 Å². The quantitative estimate of drug-likeness (QED) is 0.180.